The van der Waals surface area contributed by atoms with Gasteiger partial charge in [-0.05, 0) is 185 Å². The Bertz CT molecular complexity index is 4390. The molecule has 0 unspecified atom stereocenters. The van der Waals surface area contributed by atoms with Crippen LogP contribution in [0.4, 0.5) is 22.7 Å². The van der Waals surface area contributed by atoms with Crippen LogP contribution in [0.15, 0.2) is 225 Å². The molecule has 0 saturated heterocycles. The third-order valence-corrected chi connectivity index (χ3v) is 17.2. The van der Waals surface area contributed by atoms with Crippen molar-refractivity contribution in [3.05, 3.63) is 297 Å². The van der Waals surface area contributed by atoms with Crippen molar-refractivity contribution < 1.29 is 38.5 Å². The van der Waals surface area contributed by atoms with Crippen molar-refractivity contribution in [1.82, 2.24) is 4.57 Å². The van der Waals surface area contributed by atoms with E-state index in [1.165, 1.54) is 108 Å². The molecule has 0 fully saturated rings. The van der Waals surface area contributed by atoms with Crippen molar-refractivity contribution in [2.45, 2.75) is 59.3 Å². The van der Waals surface area contributed by atoms with Gasteiger partial charge in [-0.15, -0.1) is 0 Å². The first-order valence-corrected chi connectivity index (χ1v) is 32.0. The first kappa shape index (κ1) is 68.5. The monoisotopic (exact) mass is 1300 g/mol. The van der Waals surface area contributed by atoms with Crippen molar-refractivity contribution >= 4 is 92.6 Å². The molecule has 8 N–H and O–H groups in total. The average molecular weight is 1300 g/mol. The number of carbonyl (C=O) groups is 4. The SMILES string of the molecule is CN(C)c1cccc2c(CN3CCc4cc(/C=C/C(=O)ON)ccc43)cccc12.Cc1ccc(CN2CCc3cc(/C=C/C(=O)ON)ccc32)cc1.Cc1ccc(CN2CCc3cc(/C=C/C(=O)ON)ccc32)cc1.NOC(=O)/C=C/c1ccc2c(ccn2Cc2ccccc2)c1. The van der Waals surface area contributed by atoms with Crippen molar-refractivity contribution in [2.24, 2.45) is 23.6 Å². The molecule has 0 atom stereocenters. The molecule has 9 aromatic carbocycles. The average Bonchev–Trinajstić information content (AvgIpc) is 1.81. The highest BCUT2D eigenvalue weighted by Crippen LogP contribution is 2.36. The molecule has 3 aliphatic rings. The Morgan fingerprint density at radius 2 is 0.814 bits per heavy atom. The largest absolute Gasteiger partial charge is 0.377 e. The number of benzene rings is 9. The van der Waals surface area contributed by atoms with Gasteiger partial charge in [-0.2, -0.15) is 23.6 Å². The van der Waals surface area contributed by atoms with E-state index in [1.807, 2.05) is 54.6 Å². The highest BCUT2D eigenvalue weighted by atomic mass is 16.7. The maximum Gasteiger partial charge on any atom is 0.349 e. The number of nitrogens with zero attached hydrogens (tertiary/aromatic N) is 5. The van der Waals surface area contributed by atoms with Crippen molar-refractivity contribution in [1.29, 1.82) is 0 Å². The number of rotatable bonds is 17. The second-order valence-electron chi connectivity index (χ2n) is 24.2. The van der Waals surface area contributed by atoms with Crippen LogP contribution in [0.5, 0.6) is 0 Å². The predicted molar refractivity (Wildman–Crippen MR) is 389 cm³/mol. The van der Waals surface area contributed by atoms with Crippen LogP contribution in [0.3, 0.4) is 0 Å². The lowest BCUT2D eigenvalue weighted by Crippen LogP contribution is -2.19. The van der Waals surface area contributed by atoms with Crippen LogP contribution in [-0.4, -0.2) is 62.2 Å². The lowest BCUT2D eigenvalue weighted by Gasteiger charge is -2.22. The Labute approximate surface area is 566 Å². The van der Waals surface area contributed by atoms with Gasteiger partial charge in [-0.25, -0.2) is 19.2 Å². The summed E-state index contributed by atoms with van der Waals surface area (Å²) in [4.78, 5) is 70.2. The van der Waals surface area contributed by atoms with Crippen LogP contribution in [0.25, 0.3) is 46.0 Å². The fraction of sp³-hybridized carbons (Fsp3) is 0.175. The molecule has 0 amide bonds. The zero-order valence-electron chi connectivity index (χ0n) is 55.1. The molecule has 0 aliphatic carbocycles. The normalized spacial score (nSPS) is 12.8. The summed E-state index contributed by atoms with van der Waals surface area (Å²) in [5.74, 6) is 17.1. The second kappa shape index (κ2) is 33.2. The van der Waals surface area contributed by atoms with Gasteiger partial charge in [0.05, 0.1) is 0 Å². The molecule has 0 bridgehead atoms. The van der Waals surface area contributed by atoms with Gasteiger partial charge in [-0.1, -0.05) is 145 Å². The second-order valence-corrected chi connectivity index (χ2v) is 24.2. The van der Waals surface area contributed by atoms with E-state index in [0.29, 0.717) is 0 Å². The zero-order valence-corrected chi connectivity index (χ0v) is 55.1. The maximum atomic E-state index is 11.2. The molecule has 97 heavy (non-hydrogen) atoms. The van der Waals surface area contributed by atoms with Gasteiger partial charge in [0.15, 0.2) is 0 Å². The maximum absolute atomic E-state index is 11.2. The van der Waals surface area contributed by atoms with Crippen LogP contribution in [-0.2, 0) is 84.0 Å². The van der Waals surface area contributed by atoms with E-state index in [1.54, 1.807) is 24.3 Å². The third-order valence-electron chi connectivity index (χ3n) is 17.2. The minimum Gasteiger partial charge on any atom is -0.377 e. The van der Waals surface area contributed by atoms with Crippen molar-refractivity contribution in [3.63, 3.8) is 0 Å². The number of hydrogen-bond acceptors (Lipinski definition) is 16. The molecular weight excluding hydrogens is 1210 g/mol. The Balaban J connectivity index is 0.000000141. The van der Waals surface area contributed by atoms with E-state index < -0.39 is 23.9 Å². The summed E-state index contributed by atoms with van der Waals surface area (Å²) < 4.78 is 2.20. The van der Waals surface area contributed by atoms with E-state index in [2.05, 4.69) is 217 Å². The summed E-state index contributed by atoms with van der Waals surface area (Å²) in [6.07, 6.45) is 17.3. The Morgan fingerprint density at radius 3 is 1.26 bits per heavy atom. The summed E-state index contributed by atoms with van der Waals surface area (Å²) in [6, 6.07) is 67.6. The van der Waals surface area contributed by atoms with Gasteiger partial charge in [0.25, 0.3) is 0 Å². The number of anilines is 4. The van der Waals surface area contributed by atoms with E-state index >= 15 is 0 Å². The van der Waals surface area contributed by atoms with Crippen LogP contribution < -0.4 is 43.2 Å². The fourth-order valence-corrected chi connectivity index (χ4v) is 12.2. The molecule has 3 aliphatic heterocycles. The van der Waals surface area contributed by atoms with Crippen molar-refractivity contribution in [2.75, 3.05) is 53.3 Å². The van der Waals surface area contributed by atoms with E-state index in [0.717, 1.165) is 98.2 Å². The molecule has 0 spiro atoms. The molecule has 0 saturated carbocycles. The lowest BCUT2D eigenvalue weighted by atomic mass is 10.0. The quantitative estimate of drug-likeness (QED) is 0.0491. The predicted octanol–water partition coefficient (Wildman–Crippen LogP) is 13.0. The fourth-order valence-electron chi connectivity index (χ4n) is 12.2. The summed E-state index contributed by atoms with van der Waals surface area (Å²) in [7, 11) is 4.16. The van der Waals surface area contributed by atoms with E-state index in [4.69, 9.17) is 23.6 Å². The molecule has 17 heteroatoms. The van der Waals surface area contributed by atoms with Gasteiger partial charge in [-0.3, -0.25) is 0 Å². The highest BCUT2D eigenvalue weighted by molar-refractivity contribution is 5.97. The number of aryl methyl sites for hydroxylation is 2. The van der Waals surface area contributed by atoms with E-state index in [9.17, 15) is 19.2 Å². The summed E-state index contributed by atoms with van der Waals surface area (Å²) in [5, 5.41) is 3.70. The number of carbonyl (C=O) groups excluding carboxylic acids is 4. The lowest BCUT2D eigenvalue weighted by molar-refractivity contribution is -0.139. The van der Waals surface area contributed by atoms with Crippen LogP contribution in [0.2, 0.25) is 0 Å². The summed E-state index contributed by atoms with van der Waals surface area (Å²) in [6.45, 7) is 10.8. The first-order chi connectivity index (χ1) is 47.1. The first-order valence-electron chi connectivity index (χ1n) is 32.0. The van der Waals surface area contributed by atoms with Crippen LogP contribution in [0, 0.1) is 13.8 Å². The highest BCUT2D eigenvalue weighted by Gasteiger charge is 2.23. The standard InChI is InChI=1S/C24H25N3O2.2C19H20N2O2.C18H16N2O2/c1-26(2)23-8-4-6-20-19(5-3-7-21(20)23)16-27-14-13-18-15-17(9-11-22(18)27)10-12-24(28)29-25;2*1-14-2-4-16(5-3-14)13-21-11-10-17-12-15(6-8-18(17)21)7-9-19(22)23-20;19-22-18(21)9-7-14-6-8-17-16(12-14)10-11-20(17)13-15-4-2-1-3-5-15/h3-12,15H,13-14,16,25H2,1-2H3;2*2-9,12H,10-11,13,20H2,1H3;1-12H,13,19H2/b12-10+;3*9-7+. The molecule has 494 valence electrons. The molecular formula is C80H81N9O8. The molecule has 0 radical (unpaired) electrons. The van der Waals surface area contributed by atoms with Crippen LogP contribution >= 0.6 is 0 Å². The van der Waals surface area contributed by atoms with Gasteiger partial charge in [0.2, 0.25) is 0 Å². The Morgan fingerprint density at radius 1 is 0.412 bits per heavy atom. The summed E-state index contributed by atoms with van der Waals surface area (Å²) in [5.41, 5.74) is 21.7. The number of aromatic nitrogens is 1. The van der Waals surface area contributed by atoms with Crippen LogP contribution in [0.1, 0.15) is 72.3 Å². The van der Waals surface area contributed by atoms with Gasteiger partial charge >= 0.3 is 23.9 Å². The Kier molecular flexibility index (Phi) is 23.4. The van der Waals surface area contributed by atoms with Gasteiger partial charge in [0.1, 0.15) is 0 Å². The van der Waals surface area contributed by atoms with Gasteiger partial charge in [0, 0.05) is 129 Å². The number of nitrogens with two attached hydrogens (primary N) is 4. The van der Waals surface area contributed by atoms with Gasteiger partial charge < -0.3 is 43.5 Å². The summed E-state index contributed by atoms with van der Waals surface area (Å²) >= 11 is 0. The molecule has 4 heterocycles. The molecule has 1 aromatic heterocycles. The molecule has 13 rings (SSSR count). The zero-order chi connectivity index (χ0) is 68.2. The minimum atomic E-state index is -0.568. The molecule has 17 nitrogen and oxygen atoms in total. The number of hydrogen-bond donors (Lipinski definition) is 4. The number of fused-ring (bicyclic) bond motifs is 5. The third kappa shape index (κ3) is 18.5. The topological polar surface area (TPSA) is 227 Å². The molecule has 10 aromatic rings. The minimum absolute atomic E-state index is 0.550. The van der Waals surface area contributed by atoms with Crippen molar-refractivity contribution in [3.8, 4) is 0 Å². The van der Waals surface area contributed by atoms with E-state index in [-0.39, 0.29) is 0 Å². The smallest absolute Gasteiger partial charge is 0.349 e. The Hall–Kier alpha value is -11.3.